The van der Waals surface area contributed by atoms with Crippen molar-refractivity contribution in [3.63, 3.8) is 0 Å². The maximum atomic E-state index is 11.9. The van der Waals surface area contributed by atoms with E-state index in [1.54, 1.807) is 24.3 Å². The Bertz CT molecular complexity index is 529. The number of halogens is 1. The first-order valence-corrected chi connectivity index (χ1v) is 8.07. The molecule has 1 saturated carbocycles. The molecule has 1 aromatic carbocycles. The minimum absolute atomic E-state index is 0.172. The largest absolute Gasteiger partial charge is 0.452 e. The van der Waals surface area contributed by atoms with Crippen LogP contribution >= 0.6 is 11.6 Å². The molecule has 1 amide bonds. The smallest absolute Gasteiger partial charge is 0.338 e. The number of ether oxygens (including phenoxy) is 1. The van der Waals surface area contributed by atoms with E-state index in [-0.39, 0.29) is 18.6 Å². The Kier molecular flexibility index (Phi) is 5.83. The second-order valence-electron chi connectivity index (χ2n) is 6.02. The van der Waals surface area contributed by atoms with Crippen molar-refractivity contribution in [3.05, 3.63) is 34.9 Å². The summed E-state index contributed by atoms with van der Waals surface area (Å²) < 4.78 is 5.04. The second-order valence-corrected chi connectivity index (χ2v) is 6.46. The third kappa shape index (κ3) is 4.47. The molecule has 1 aromatic rings. The van der Waals surface area contributed by atoms with Gasteiger partial charge >= 0.3 is 5.97 Å². The fourth-order valence-corrected chi connectivity index (χ4v) is 2.96. The predicted octanol–water partition coefficient (Wildman–Crippen LogP) is 3.44. The minimum atomic E-state index is -0.517. The first-order valence-electron chi connectivity index (χ1n) is 7.69. The summed E-state index contributed by atoms with van der Waals surface area (Å²) in [6.45, 7) is 4.12. The molecule has 0 aliphatic heterocycles. The summed E-state index contributed by atoms with van der Waals surface area (Å²) in [6.07, 6.45) is 3.32. The van der Waals surface area contributed by atoms with E-state index in [1.165, 1.54) is 6.42 Å². The highest BCUT2D eigenvalue weighted by molar-refractivity contribution is 6.30. The molecule has 0 spiro atoms. The van der Waals surface area contributed by atoms with Gasteiger partial charge in [-0.2, -0.15) is 0 Å². The molecule has 1 aliphatic carbocycles. The fourth-order valence-electron chi connectivity index (χ4n) is 2.83. The van der Waals surface area contributed by atoms with E-state index in [9.17, 15) is 9.59 Å². The number of rotatable bonds is 4. The molecule has 1 aliphatic rings. The molecule has 22 heavy (non-hydrogen) atoms. The van der Waals surface area contributed by atoms with E-state index in [2.05, 4.69) is 19.2 Å². The van der Waals surface area contributed by atoms with Crippen LogP contribution < -0.4 is 5.32 Å². The van der Waals surface area contributed by atoms with Gasteiger partial charge in [0.2, 0.25) is 0 Å². The van der Waals surface area contributed by atoms with Crippen molar-refractivity contribution in [2.24, 2.45) is 11.8 Å². The van der Waals surface area contributed by atoms with Gasteiger partial charge in [0.15, 0.2) is 6.61 Å². The molecule has 0 unspecified atom stereocenters. The molecule has 3 atom stereocenters. The van der Waals surface area contributed by atoms with Gasteiger partial charge < -0.3 is 10.1 Å². The summed E-state index contributed by atoms with van der Waals surface area (Å²) in [4.78, 5) is 23.8. The molecule has 0 heterocycles. The Labute approximate surface area is 136 Å². The molecule has 4 nitrogen and oxygen atoms in total. The Morgan fingerprint density at radius 2 is 1.91 bits per heavy atom. The fraction of sp³-hybridized carbons (Fsp3) is 0.529. The number of hydrogen-bond donors (Lipinski definition) is 1. The molecule has 1 N–H and O–H groups in total. The molecular formula is C17H22ClNO3. The number of benzene rings is 1. The lowest BCUT2D eigenvalue weighted by atomic mass is 9.78. The standard InChI is InChI=1S/C17H22ClNO3/c1-11-4-3-5-15(12(11)2)19-16(20)10-22-17(21)13-6-8-14(18)9-7-13/h6-9,11-12,15H,3-5,10H2,1-2H3,(H,19,20)/t11-,12-,15-/m1/s1. The highest BCUT2D eigenvalue weighted by Gasteiger charge is 2.28. The van der Waals surface area contributed by atoms with Crippen LogP contribution in [0.2, 0.25) is 5.02 Å². The monoisotopic (exact) mass is 323 g/mol. The van der Waals surface area contributed by atoms with Crippen molar-refractivity contribution in [3.8, 4) is 0 Å². The van der Waals surface area contributed by atoms with Crippen LogP contribution in [-0.4, -0.2) is 24.5 Å². The predicted molar refractivity (Wildman–Crippen MR) is 85.8 cm³/mol. The number of hydrogen-bond acceptors (Lipinski definition) is 3. The van der Waals surface area contributed by atoms with E-state index in [1.807, 2.05) is 0 Å². The normalized spacial score (nSPS) is 24.6. The molecule has 2 rings (SSSR count). The van der Waals surface area contributed by atoms with Crippen molar-refractivity contribution in [1.29, 1.82) is 0 Å². The third-order valence-electron chi connectivity index (χ3n) is 4.47. The summed E-state index contributed by atoms with van der Waals surface area (Å²) in [6, 6.07) is 6.55. The number of carbonyl (C=O) groups excluding carboxylic acids is 2. The number of amides is 1. The molecular weight excluding hydrogens is 302 g/mol. The van der Waals surface area contributed by atoms with Gasteiger partial charge in [0.05, 0.1) is 5.56 Å². The van der Waals surface area contributed by atoms with Crippen molar-refractivity contribution < 1.29 is 14.3 Å². The van der Waals surface area contributed by atoms with E-state index in [0.29, 0.717) is 22.4 Å². The topological polar surface area (TPSA) is 55.4 Å². The van der Waals surface area contributed by atoms with Gasteiger partial charge in [0, 0.05) is 11.1 Å². The Balaban J connectivity index is 1.80. The molecule has 0 radical (unpaired) electrons. The molecule has 120 valence electrons. The van der Waals surface area contributed by atoms with Crippen molar-refractivity contribution in [2.75, 3.05) is 6.61 Å². The van der Waals surface area contributed by atoms with E-state index in [0.717, 1.165) is 12.8 Å². The zero-order chi connectivity index (χ0) is 16.1. The van der Waals surface area contributed by atoms with Gasteiger partial charge in [-0.1, -0.05) is 38.3 Å². The average Bonchev–Trinajstić information content (AvgIpc) is 2.50. The summed E-state index contributed by atoms with van der Waals surface area (Å²) in [5.41, 5.74) is 0.386. The zero-order valence-corrected chi connectivity index (χ0v) is 13.7. The van der Waals surface area contributed by atoms with E-state index in [4.69, 9.17) is 16.3 Å². The molecule has 0 bridgehead atoms. The molecule has 0 saturated heterocycles. The quantitative estimate of drug-likeness (QED) is 0.864. The number of carbonyl (C=O) groups is 2. The van der Waals surface area contributed by atoms with Crippen molar-refractivity contribution >= 4 is 23.5 Å². The average molecular weight is 324 g/mol. The molecule has 0 aromatic heterocycles. The minimum Gasteiger partial charge on any atom is -0.452 e. The summed E-state index contributed by atoms with van der Waals surface area (Å²) in [7, 11) is 0. The van der Waals surface area contributed by atoms with Gasteiger partial charge in [-0.25, -0.2) is 4.79 Å². The summed E-state index contributed by atoms with van der Waals surface area (Å²) in [5.74, 6) is 0.297. The number of nitrogens with one attached hydrogen (secondary N) is 1. The van der Waals surface area contributed by atoms with Crippen LogP contribution in [0.1, 0.15) is 43.5 Å². The van der Waals surface area contributed by atoms with Gasteiger partial charge in [-0.05, 0) is 42.5 Å². The van der Waals surface area contributed by atoms with Crippen molar-refractivity contribution in [1.82, 2.24) is 5.32 Å². The molecule has 5 heteroatoms. The lowest BCUT2D eigenvalue weighted by Gasteiger charge is -2.34. The number of esters is 1. The SMILES string of the molecule is C[C@@H]1[C@H](C)CCC[C@H]1NC(=O)COC(=O)c1ccc(Cl)cc1. The van der Waals surface area contributed by atoms with Crippen LogP contribution in [0, 0.1) is 11.8 Å². The maximum absolute atomic E-state index is 11.9. The van der Waals surface area contributed by atoms with Crippen LogP contribution in [0.25, 0.3) is 0 Å². The van der Waals surface area contributed by atoms with Crippen LogP contribution in [-0.2, 0) is 9.53 Å². The van der Waals surface area contributed by atoms with E-state index < -0.39 is 5.97 Å². The zero-order valence-electron chi connectivity index (χ0n) is 13.0. The van der Waals surface area contributed by atoms with Crippen LogP contribution in [0.3, 0.4) is 0 Å². The first kappa shape index (κ1) is 16.8. The van der Waals surface area contributed by atoms with Gasteiger partial charge in [-0.3, -0.25) is 4.79 Å². The Hall–Kier alpha value is -1.55. The molecule has 1 fully saturated rings. The highest BCUT2D eigenvalue weighted by Crippen LogP contribution is 2.29. The van der Waals surface area contributed by atoms with Crippen LogP contribution in [0.4, 0.5) is 0 Å². The van der Waals surface area contributed by atoms with Crippen LogP contribution in [0.5, 0.6) is 0 Å². The third-order valence-corrected chi connectivity index (χ3v) is 4.72. The Morgan fingerprint density at radius 1 is 1.23 bits per heavy atom. The van der Waals surface area contributed by atoms with Gasteiger partial charge in [0.25, 0.3) is 5.91 Å². The lowest BCUT2D eigenvalue weighted by molar-refractivity contribution is -0.125. The first-order chi connectivity index (χ1) is 10.5. The summed E-state index contributed by atoms with van der Waals surface area (Å²) >= 11 is 5.76. The van der Waals surface area contributed by atoms with Gasteiger partial charge in [-0.15, -0.1) is 0 Å². The summed E-state index contributed by atoms with van der Waals surface area (Å²) in [5, 5.41) is 3.53. The maximum Gasteiger partial charge on any atom is 0.338 e. The highest BCUT2D eigenvalue weighted by atomic mass is 35.5. The second kappa shape index (κ2) is 7.63. The van der Waals surface area contributed by atoms with Crippen LogP contribution in [0.15, 0.2) is 24.3 Å². The lowest BCUT2D eigenvalue weighted by Crippen LogP contribution is -2.45. The van der Waals surface area contributed by atoms with E-state index >= 15 is 0 Å². The van der Waals surface area contributed by atoms with Gasteiger partial charge in [0.1, 0.15) is 0 Å². The van der Waals surface area contributed by atoms with Crippen molar-refractivity contribution in [2.45, 2.75) is 39.2 Å². The Morgan fingerprint density at radius 3 is 2.59 bits per heavy atom.